The Bertz CT molecular complexity index is 408. The molecule has 0 aliphatic heterocycles. The first kappa shape index (κ1) is 14.5. The third-order valence-corrected chi connectivity index (χ3v) is 4.82. The van der Waals surface area contributed by atoms with Crippen molar-refractivity contribution in [3.05, 3.63) is 21.9 Å². The fourth-order valence-corrected chi connectivity index (χ4v) is 3.54. The van der Waals surface area contributed by atoms with E-state index in [4.69, 9.17) is 5.73 Å². The molecule has 0 bridgehead atoms. The van der Waals surface area contributed by atoms with Crippen LogP contribution in [-0.4, -0.2) is 18.0 Å². The molecule has 1 aromatic rings. The van der Waals surface area contributed by atoms with E-state index in [0.29, 0.717) is 18.5 Å². The van der Waals surface area contributed by atoms with Crippen molar-refractivity contribution in [2.75, 3.05) is 0 Å². The van der Waals surface area contributed by atoms with Gasteiger partial charge in [0.15, 0.2) is 0 Å². The van der Waals surface area contributed by atoms with E-state index in [1.54, 1.807) is 0 Å². The van der Waals surface area contributed by atoms with Crippen LogP contribution in [0.5, 0.6) is 0 Å². The zero-order valence-electron chi connectivity index (χ0n) is 11.7. The molecule has 1 saturated carbocycles. The molecule has 2 rings (SSSR count). The van der Waals surface area contributed by atoms with Crippen LogP contribution in [0.15, 0.2) is 12.1 Å². The molecule has 3 nitrogen and oxygen atoms in total. The molecule has 0 saturated heterocycles. The minimum atomic E-state index is 0.203. The van der Waals surface area contributed by atoms with E-state index in [0.717, 1.165) is 38.5 Å². The van der Waals surface area contributed by atoms with Crippen LogP contribution in [0.2, 0.25) is 0 Å². The maximum atomic E-state index is 11.8. The van der Waals surface area contributed by atoms with Gasteiger partial charge >= 0.3 is 0 Å². The monoisotopic (exact) mass is 280 g/mol. The third kappa shape index (κ3) is 4.96. The molecule has 1 amide bonds. The maximum absolute atomic E-state index is 11.8. The number of carbonyl (C=O) groups excluding carboxylic acids is 1. The van der Waals surface area contributed by atoms with Gasteiger partial charge in [0.25, 0.3) is 0 Å². The summed E-state index contributed by atoms with van der Waals surface area (Å²) in [7, 11) is 0. The van der Waals surface area contributed by atoms with Crippen LogP contribution in [-0.2, 0) is 11.2 Å². The van der Waals surface area contributed by atoms with E-state index in [-0.39, 0.29) is 5.91 Å². The van der Waals surface area contributed by atoms with Gasteiger partial charge in [-0.3, -0.25) is 4.79 Å². The molecule has 19 heavy (non-hydrogen) atoms. The Morgan fingerprint density at radius 3 is 2.74 bits per heavy atom. The molecule has 1 fully saturated rings. The van der Waals surface area contributed by atoms with E-state index < -0.39 is 0 Å². The number of thiophene rings is 1. The number of amides is 1. The smallest absolute Gasteiger partial charge is 0.220 e. The maximum Gasteiger partial charge on any atom is 0.220 e. The van der Waals surface area contributed by atoms with Gasteiger partial charge in [-0.25, -0.2) is 0 Å². The van der Waals surface area contributed by atoms with Crippen molar-refractivity contribution in [3.8, 4) is 0 Å². The summed E-state index contributed by atoms with van der Waals surface area (Å²) in [5.41, 5.74) is 5.86. The summed E-state index contributed by atoms with van der Waals surface area (Å²) < 4.78 is 0. The molecule has 0 unspecified atom stereocenters. The van der Waals surface area contributed by atoms with Crippen molar-refractivity contribution in [3.63, 3.8) is 0 Å². The second-order valence-electron chi connectivity index (χ2n) is 5.55. The summed E-state index contributed by atoms with van der Waals surface area (Å²) in [5.74, 6) is 0.203. The minimum absolute atomic E-state index is 0.203. The molecule has 4 heteroatoms. The van der Waals surface area contributed by atoms with Crippen molar-refractivity contribution < 1.29 is 4.79 Å². The Hall–Kier alpha value is -0.870. The zero-order chi connectivity index (χ0) is 13.7. The van der Waals surface area contributed by atoms with E-state index >= 15 is 0 Å². The van der Waals surface area contributed by atoms with E-state index in [2.05, 4.69) is 24.4 Å². The summed E-state index contributed by atoms with van der Waals surface area (Å²) in [6, 6.07) is 5.01. The lowest BCUT2D eigenvalue weighted by atomic mass is 9.92. The van der Waals surface area contributed by atoms with Crippen molar-refractivity contribution in [1.29, 1.82) is 0 Å². The standard InChI is InChI=1S/C15H24N2OS/c1-11-5-10-14(19-11)3-2-4-15(18)17-13-8-6-12(16)7-9-13/h5,10,12-13H,2-4,6-9,16H2,1H3,(H,17,18). The summed E-state index contributed by atoms with van der Waals surface area (Å²) in [6.07, 6.45) is 6.76. The fourth-order valence-electron chi connectivity index (χ4n) is 2.61. The Kier molecular flexibility index (Phi) is 5.40. The lowest BCUT2D eigenvalue weighted by molar-refractivity contribution is -0.122. The van der Waals surface area contributed by atoms with Crippen LogP contribution in [0.25, 0.3) is 0 Å². The number of rotatable bonds is 5. The molecule has 3 N–H and O–H groups in total. The molecule has 0 atom stereocenters. The highest BCUT2D eigenvalue weighted by Crippen LogP contribution is 2.18. The summed E-state index contributed by atoms with van der Waals surface area (Å²) in [4.78, 5) is 14.6. The van der Waals surface area contributed by atoms with Crippen LogP contribution in [0.3, 0.4) is 0 Å². The van der Waals surface area contributed by atoms with Crippen molar-refractivity contribution in [1.82, 2.24) is 5.32 Å². The first-order valence-electron chi connectivity index (χ1n) is 7.24. The molecule has 1 heterocycles. The molecule has 0 spiro atoms. The average Bonchev–Trinajstić information content (AvgIpc) is 2.78. The molecule has 1 aromatic heterocycles. The SMILES string of the molecule is Cc1ccc(CCCC(=O)NC2CCC(N)CC2)s1. The largest absolute Gasteiger partial charge is 0.353 e. The highest BCUT2D eigenvalue weighted by atomic mass is 32.1. The predicted molar refractivity (Wildman–Crippen MR) is 80.4 cm³/mol. The Morgan fingerprint density at radius 2 is 2.11 bits per heavy atom. The minimum Gasteiger partial charge on any atom is -0.353 e. The average molecular weight is 280 g/mol. The predicted octanol–water partition coefficient (Wildman–Crippen LogP) is 2.77. The van der Waals surface area contributed by atoms with E-state index in [1.807, 2.05) is 11.3 Å². The van der Waals surface area contributed by atoms with Crippen LogP contribution in [0.1, 0.15) is 48.3 Å². The first-order valence-corrected chi connectivity index (χ1v) is 8.05. The molecule has 0 radical (unpaired) electrons. The number of hydrogen-bond acceptors (Lipinski definition) is 3. The molecule has 0 aromatic carbocycles. The fraction of sp³-hybridized carbons (Fsp3) is 0.667. The lowest BCUT2D eigenvalue weighted by Gasteiger charge is -2.26. The number of carbonyl (C=O) groups is 1. The normalized spacial score (nSPS) is 23.3. The molecule has 106 valence electrons. The Balaban J connectivity index is 1.62. The second-order valence-corrected chi connectivity index (χ2v) is 6.92. The highest BCUT2D eigenvalue weighted by Gasteiger charge is 2.19. The lowest BCUT2D eigenvalue weighted by Crippen LogP contribution is -2.40. The Labute approximate surface area is 119 Å². The van der Waals surface area contributed by atoms with Crippen molar-refractivity contribution >= 4 is 17.2 Å². The third-order valence-electron chi connectivity index (χ3n) is 3.76. The van der Waals surface area contributed by atoms with Crippen molar-refractivity contribution in [2.24, 2.45) is 5.73 Å². The Morgan fingerprint density at radius 1 is 1.37 bits per heavy atom. The summed E-state index contributed by atoms with van der Waals surface area (Å²) in [5, 5.41) is 3.14. The summed E-state index contributed by atoms with van der Waals surface area (Å²) in [6.45, 7) is 2.12. The van der Waals surface area contributed by atoms with Crippen LogP contribution >= 0.6 is 11.3 Å². The molecule has 1 aliphatic carbocycles. The van der Waals surface area contributed by atoms with E-state index in [9.17, 15) is 4.79 Å². The van der Waals surface area contributed by atoms with Gasteiger partial charge in [-0.05, 0) is 57.6 Å². The number of aryl methyl sites for hydroxylation is 2. The van der Waals surface area contributed by atoms with Gasteiger partial charge in [0.05, 0.1) is 0 Å². The van der Waals surface area contributed by atoms with Gasteiger partial charge in [0.1, 0.15) is 0 Å². The number of hydrogen-bond donors (Lipinski definition) is 2. The van der Waals surface area contributed by atoms with Gasteiger partial charge < -0.3 is 11.1 Å². The van der Waals surface area contributed by atoms with Crippen molar-refractivity contribution in [2.45, 2.75) is 64.0 Å². The number of nitrogens with one attached hydrogen (secondary N) is 1. The second kappa shape index (κ2) is 7.06. The van der Waals surface area contributed by atoms with E-state index in [1.165, 1.54) is 9.75 Å². The van der Waals surface area contributed by atoms with Crippen LogP contribution in [0, 0.1) is 6.92 Å². The van der Waals surface area contributed by atoms with Crippen LogP contribution < -0.4 is 11.1 Å². The van der Waals surface area contributed by atoms with Gasteiger partial charge in [-0.15, -0.1) is 11.3 Å². The zero-order valence-corrected chi connectivity index (χ0v) is 12.5. The topological polar surface area (TPSA) is 55.1 Å². The number of nitrogens with two attached hydrogens (primary N) is 1. The first-order chi connectivity index (χ1) is 9.13. The van der Waals surface area contributed by atoms with Gasteiger partial charge in [0.2, 0.25) is 5.91 Å². The quantitative estimate of drug-likeness (QED) is 0.871. The van der Waals surface area contributed by atoms with Gasteiger partial charge in [-0.2, -0.15) is 0 Å². The molecule has 1 aliphatic rings. The molecular weight excluding hydrogens is 256 g/mol. The summed E-state index contributed by atoms with van der Waals surface area (Å²) >= 11 is 1.83. The highest BCUT2D eigenvalue weighted by molar-refractivity contribution is 7.11. The van der Waals surface area contributed by atoms with Gasteiger partial charge in [-0.1, -0.05) is 0 Å². The van der Waals surface area contributed by atoms with Gasteiger partial charge in [0, 0.05) is 28.3 Å². The van der Waals surface area contributed by atoms with Crippen LogP contribution in [0.4, 0.5) is 0 Å². The molecular formula is C15H24N2OS.